The van der Waals surface area contributed by atoms with Crippen LogP contribution in [-0.4, -0.2) is 35.1 Å². The van der Waals surface area contributed by atoms with Crippen molar-refractivity contribution < 1.29 is 29.0 Å². The fourth-order valence-corrected chi connectivity index (χ4v) is 4.15. The van der Waals surface area contributed by atoms with E-state index in [4.69, 9.17) is 26.8 Å². The van der Waals surface area contributed by atoms with Crippen LogP contribution >= 0.6 is 12.2 Å². The summed E-state index contributed by atoms with van der Waals surface area (Å²) in [7, 11) is 1.49. The maximum Gasteiger partial charge on any atom is 0.335 e. The Morgan fingerprint density at radius 3 is 2.32 bits per heavy atom. The summed E-state index contributed by atoms with van der Waals surface area (Å²) in [6.45, 7) is 4.35. The van der Waals surface area contributed by atoms with Crippen molar-refractivity contribution in [2.24, 2.45) is 0 Å². The number of hydrogen-bond donors (Lipinski definition) is 2. The Balaban J connectivity index is 1.55. The molecule has 1 aliphatic heterocycles. The fraction of sp³-hybridized carbons (Fsp3) is 0.172. The molecule has 1 fully saturated rings. The maximum atomic E-state index is 13.3. The second-order valence-electron chi connectivity index (χ2n) is 8.91. The molecule has 0 saturated carbocycles. The number of carbonyl (C=O) groups is 3. The Hall–Kier alpha value is -4.50. The lowest BCUT2D eigenvalue weighted by Crippen LogP contribution is -2.54. The lowest BCUT2D eigenvalue weighted by Gasteiger charge is -2.29. The van der Waals surface area contributed by atoms with E-state index in [1.165, 1.54) is 30.2 Å². The molecule has 0 atom stereocenters. The van der Waals surface area contributed by atoms with Gasteiger partial charge in [0.15, 0.2) is 16.6 Å². The zero-order chi connectivity index (χ0) is 27.4. The van der Waals surface area contributed by atoms with E-state index in [9.17, 15) is 14.4 Å². The summed E-state index contributed by atoms with van der Waals surface area (Å²) < 4.78 is 11.3. The topological polar surface area (TPSA) is 105 Å². The van der Waals surface area contributed by atoms with Crippen LogP contribution < -0.4 is 19.7 Å². The number of nitrogens with one attached hydrogen (secondary N) is 1. The third-order valence-corrected chi connectivity index (χ3v) is 6.30. The van der Waals surface area contributed by atoms with E-state index in [0.29, 0.717) is 28.7 Å². The third-order valence-electron chi connectivity index (χ3n) is 6.01. The molecular weight excluding hydrogens is 504 g/mol. The molecule has 3 aromatic rings. The minimum Gasteiger partial charge on any atom is -0.493 e. The molecule has 0 aliphatic carbocycles. The van der Waals surface area contributed by atoms with Crippen molar-refractivity contribution in [2.75, 3.05) is 12.0 Å². The number of carbonyl (C=O) groups excluding carboxylic acids is 2. The van der Waals surface area contributed by atoms with Crippen molar-refractivity contribution in [3.05, 3.63) is 94.6 Å². The monoisotopic (exact) mass is 530 g/mol. The van der Waals surface area contributed by atoms with Crippen LogP contribution in [0.25, 0.3) is 6.08 Å². The van der Waals surface area contributed by atoms with E-state index >= 15 is 0 Å². The highest BCUT2D eigenvalue weighted by Crippen LogP contribution is 2.31. The predicted octanol–water partition coefficient (Wildman–Crippen LogP) is 4.93. The predicted molar refractivity (Wildman–Crippen MR) is 147 cm³/mol. The lowest BCUT2D eigenvalue weighted by molar-refractivity contribution is -0.122. The number of hydrogen-bond acceptors (Lipinski definition) is 6. The first kappa shape index (κ1) is 26.6. The van der Waals surface area contributed by atoms with Gasteiger partial charge in [-0.05, 0) is 77.3 Å². The molecule has 9 heteroatoms. The Morgan fingerprint density at radius 1 is 1.03 bits per heavy atom. The number of benzene rings is 3. The highest BCUT2D eigenvalue weighted by molar-refractivity contribution is 7.80. The quantitative estimate of drug-likeness (QED) is 0.242. The van der Waals surface area contributed by atoms with Crippen LogP contribution in [0, 0.1) is 0 Å². The summed E-state index contributed by atoms with van der Waals surface area (Å²) in [4.78, 5) is 38.3. The van der Waals surface area contributed by atoms with Gasteiger partial charge in [-0.2, -0.15) is 0 Å². The van der Waals surface area contributed by atoms with E-state index < -0.39 is 17.8 Å². The number of ether oxygens (including phenoxy) is 2. The first-order valence-electron chi connectivity index (χ1n) is 11.8. The van der Waals surface area contributed by atoms with Gasteiger partial charge < -0.3 is 14.6 Å². The third kappa shape index (κ3) is 5.73. The molecular formula is C29H26N2O6S. The van der Waals surface area contributed by atoms with E-state index in [2.05, 4.69) is 19.2 Å². The van der Waals surface area contributed by atoms with Gasteiger partial charge in [0.25, 0.3) is 11.8 Å². The van der Waals surface area contributed by atoms with Gasteiger partial charge in [0, 0.05) is 0 Å². The van der Waals surface area contributed by atoms with Crippen molar-refractivity contribution >= 4 is 46.9 Å². The highest BCUT2D eigenvalue weighted by atomic mass is 32.1. The van der Waals surface area contributed by atoms with Crippen LogP contribution in [0.4, 0.5) is 5.69 Å². The molecule has 0 radical (unpaired) electrons. The number of nitrogens with zero attached hydrogens (tertiary/aromatic N) is 1. The second kappa shape index (κ2) is 11.3. The lowest BCUT2D eigenvalue weighted by atomic mass is 10.0. The first-order valence-corrected chi connectivity index (χ1v) is 12.2. The second-order valence-corrected chi connectivity index (χ2v) is 9.29. The summed E-state index contributed by atoms with van der Waals surface area (Å²) >= 11 is 5.29. The molecule has 0 bridgehead atoms. The van der Waals surface area contributed by atoms with Gasteiger partial charge in [-0.3, -0.25) is 19.8 Å². The number of rotatable bonds is 8. The molecule has 0 aromatic heterocycles. The van der Waals surface area contributed by atoms with Gasteiger partial charge in [-0.15, -0.1) is 0 Å². The van der Waals surface area contributed by atoms with Gasteiger partial charge in [-0.1, -0.05) is 44.2 Å². The van der Waals surface area contributed by atoms with Crippen molar-refractivity contribution in [3.8, 4) is 11.5 Å². The van der Waals surface area contributed by atoms with E-state index in [1.54, 1.807) is 42.5 Å². The number of carboxylic acid groups (broad SMARTS) is 1. The molecule has 2 N–H and O–H groups in total. The molecule has 0 spiro atoms. The van der Waals surface area contributed by atoms with Crippen LogP contribution in [0.1, 0.15) is 46.8 Å². The van der Waals surface area contributed by atoms with Crippen molar-refractivity contribution in [1.29, 1.82) is 0 Å². The number of anilines is 1. The Kier molecular flexibility index (Phi) is 7.87. The summed E-state index contributed by atoms with van der Waals surface area (Å²) in [5.74, 6) is -0.920. The normalized spacial score (nSPS) is 14.6. The Morgan fingerprint density at radius 2 is 1.71 bits per heavy atom. The standard InChI is InChI=1S/C29H26N2O6S/c1-17(2)20-9-11-22(12-10-20)31-27(33)23(26(32)30-29(31)38)14-19-6-13-24(25(15-19)36-3)37-16-18-4-7-21(8-5-18)28(34)35/h4-15,17H,16H2,1-3H3,(H,34,35)(H,30,32,38)/b23-14+. The zero-order valence-electron chi connectivity index (χ0n) is 21.1. The molecule has 0 unspecified atom stereocenters. The van der Waals surface area contributed by atoms with Crippen LogP contribution in [0.15, 0.2) is 72.3 Å². The molecule has 194 valence electrons. The average Bonchev–Trinajstić information content (AvgIpc) is 2.90. The molecule has 4 rings (SSSR count). The number of thiocarbonyl (C=S) groups is 1. The number of amides is 2. The average molecular weight is 531 g/mol. The molecule has 1 heterocycles. The smallest absolute Gasteiger partial charge is 0.335 e. The van der Waals surface area contributed by atoms with Crippen LogP contribution in [-0.2, 0) is 16.2 Å². The summed E-state index contributed by atoms with van der Waals surface area (Å²) in [5.41, 5.74) is 3.15. The largest absolute Gasteiger partial charge is 0.493 e. The van der Waals surface area contributed by atoms with Gasteiger partial charge in [0.1, 0.15) is 12.2 Å². The van der Waals surface area contributed by atoms with Crippen LogP contribution in [0.2, 0.25) is 0 Å². The molecule has 1 saturated heterocycles. The Labute approximate surface area is 225 Å². The molecule has 2 amide bonds. The van der Waals surface area contributed by atoms with Crippen molar-refractivity contribution in [1.82, 2.24) is 5.32 Å². The van der Waals surface area contributed by atoms with Crippen LogP contribution in [0.3, 0.4) is 0 Å². The minimum atomic E-state index is -0.997. The SMILES string of the molecule is COc1cc(/C=C2\C(=O)NC(=S)N(c3ccc(C(C)C)cc3)C2=O)ccc1OCc1ccc(C(=O)O)cc1. The van der Waals surface area contributed by atoms with E-state index in [1.807, 2.05) is 12.1 Å². The number of carboxylic acids is 1. The van der Waals surface area contributed by atoms with Crippen LogP contribution in [0.5, 0.6) is 11.5 Å². The van der Waals surface area contributed by atoms with Crippen molar-refractivity contribution in [2.45, 2.75) is 26.4 Å². The summed E-state index contributed by atoms with van der Waals surface area (Å²) in [6, 6.07) is 18.9. The Bertz CT molecular complexity index is 1430. The highest BCUT2D eigenvalue weighted by Gasteiger charge is 2.34. The maximum absolute atomic E-state index is 13.3. The molecule has 1 aliphatic rings. The molecule has 8 nitrogen and oxygen atoms in total. The zero-order valence-corrected chi connectivity index (χ0v) is 21.9. The number of methoxy groups -OCH3 is 1. The van der Waals surface area contributed by atoms with Gasteiger partial charge in [-0.25, -0.2) is 4.79 Å². The fourth-order valence-electron chi connectivity index (χ4n) is 3.86. The summed E-state index contributed by atoms with van der Waals surface area (Å²) in [6.07, 6.45) is 1.48. The molecule has 3 aromatic carbocycles. The van der Waals surface area contributed by atoms with Gasteiger partial charge in [0.2, 0.25) is 0 Å². The first-order chi connectivity index (χ1) is 18.2. The molecule has 38 heavy (non-hydrogen) atoms. The van der Waals surface area contributed by atoms with Gasteiger partial charge in [0.05, 0.1) is 18.4 Å². The number of aromatic carboxylic acids is 1. The minimum absolute atomic E-state index is 0.0205. The van der Waals surface area contributed by atoms with E-state index in [0.717, 1.165) is 11.1 Å². The summed E-state index contributed by atoms with van der Waals surface area (Å²) in [5, 5.41) is 11.6. The van der Waals surface area contributed by atoms with Crippen molar-refractivity contribution in [3.63, 3.8) is 0 Å². The van der Waals surface area contributed by atoms with E-state index in [-0.39, 0.29) is 22.9 Å². The van der Waals surface area contributed by atoms with Gasteiger partial charge >= 0.3 is 5.97 Å².